The molecule has 0 aromatic heterocycles. The molecule has 1 aromatic carbocycles. The van der Waals surface area contributed by atoms with Crippen LogP contribution in [0.3, 0.4) is 0 Å². The number of carbonyl (C=O) groups excluding carboxylic acids is 1. The van der Waals surface area contributed by atoms with Crippen LogP contribution in [0.25, 0.3) is 0 Å². The number of halogens is 1. The number of amides is 1. The Morgan fingerprint density at radius 2 is 2.15 bits per heavy atom. The van der Waals surface area contributed by atoms with Gasteiger partial charge in [-0.1, -0.05) is 28.1 Å². The van der Waals surface area contributed by atoms with Crippen LogP contribution in [0.5, 0.6) is 0 Å². The standard InChI is InChI=1S/C15H21BrN2O2/c1-17-7-8-20-14(10-17)11-18(2)15(19)9-12-3-5-13(16)6-4-12/h3-6,14H,7-11H2,1-2H3. The van der Waals surface area contributed by atoms with Gasteiger partial charge in [0, 0.05) is 31.2 Å². The molecular formula is C15H21BrN2O2. The van der Waals surface area contributed by atoms with E-state index in [1.807, 2.05) is 31.3 Å². The van der Waals surface area contributed by atoms with E-state index < -0.39 is 0 Å². The Balaban J connectivity index is 1.83. The summed E-state index contributed by atoms with van der Waals surface area (Å²) in [5.74, 6) is 0.129. The number of hydrogen-bond donors (Lipinski definition) is 0. The van der Waals surface area contributed by atoms with Gasteiger partial charge < -0.3 is 14.5 Å². The lowest BCUT2D eigenvalue weighted by molar-refractivity contribution is -0.132. The summed E-state index contributed by atoms with van der Waals surface area (Å²) in [5, 5.41) is 0. The minimum absolute atomic E-state index is 0.118. The molecule has 1 unspecified atom stereocenters. The molecule has 2 rings (SSSR count). The molecule has 20 heavy (non-hydrogen) atoms. The van der Waals surface area contributed by atoms with E-state index in [2.05, 4.69) is 27.9 Å². The van der Waals surface area contributed by atoms with Gasteiger partial charge >= 0.3 is 0 Å². The quantitative estimate of drug-likeness (QED) is 0.837. The molecule has 0 N–H and O–H groups in total. The maximum atomic E-state index is 12.2. The van der Waals surface area contributed by atoms with Gasteiger partial charge in [0.15, 0.2) is 0 Å². The van der Waals surface area contributed by atoms with Gasteiger partial charge in [0.1, 0.15) is 0 Å². The molecule has 5 heteroatoms. The minimum atomic E-state index is 0.118. The van der Waals surface area contributed by atoms with E-state index in [9.17, 15) is 4.79 Å². The molecule has 0 saturated carbocycles. The number of likely N-dealkylation sites (N-methyl/N-ethyl adjacent to an activating group) is 2. The van der Waals surface area contributed by atoms with Crippen molar-refractivity contribution in [3.8, 4) is 0 Å². The topological polar surface area (TPSA) is 32.8 Å². The number of morpholine rings is 1. The molecule has 1 aliphatic rings. The Labute approximate surface area is 128 Å². The van der Waals surface area contributed by atoms with Crippen molar-refractivity contribution in [1.29, 1.82) is 0 Å². The second-order valence-electron chi connectivity index (χ2n) is 5.33. The van der Waals surface area contributed by atoms with Gasteiger partial charge in [0.2, 0.25) is 5.91 Å². The van der Waals surface area contributed by atoms with Gasteiger partial charge in [-0.25, -0.2) is 0 Å². The molecule has 4 nitrogen and oxygen atoms in total. The molecule has 1 saturated heterocycles. The van der Waals surface area contributed by atoms with Crippen molar-refractivity contribution in [3.63, 3.8) is 0 Å². The second-order valence-corrected chi connectivity index (χ2v) is 6.25. The van der Waals surface area contributed by atoms with Crippen LogP contribution in [0.15, 0.2) is 28.7 Å². The van der Waals surface area contributed by atoms with Crippen LogP contribution < -0.4 is 0 Å². The molecule has 110 valence electrons. The fourth-order valence-corrected chi connectivity index (χ4v) is 2.56. The maximum Gasteiger partial charge on any atom is 0.226 e. The first-order valence-electron chi connectivity index (χ1n) is 6.83. The van der Waals surface area contributed by atoms with Gasteiger partial charge in [-0.2, -0.15) is 0 Å². The summed E-state index contributed by atoms with van der Waals surface area (Å²) in [7, 11) is 3.93. The zero-order valence-corrected chi connectivity index (χ0v) is 13.6. The zero-order valence-electron chi connectivity index (χ0n) is 12.0. The van der Waals surface area contributed by atoms with Crippen molar-refractivity contribution >= 4 is 21.8 Å². The van der Waals surface area contributed by atoms with Gasteiger partial charge in [-0.15, -0.1) is 0 Å². The first-order chi connectivity index (χ1) is 9.54. The van der Waals surface area contributed by atoms with E-state index in [4.69, 9.17) is 4.74 Å². The molecule has 0 spiro atoms. The Morgan fingerprint density at radius 1 is 1.45 bits per heavy atom. The van der Waals surface area contributed by atoms with Crippen molar-refractivity contribution in [2.75, 3.05) is 40.3 Å². The first kappa shape index (κ1) is 15.5. The smallest absolute Gasteiger partial charge is 0.226 e. The lowest BCUT2D eigenvalue weighted by Crippen LogP contribution is -2.46. The van der Waals surface area contributed by atoms with Crippen LogP contribution in [0.2, 0.25) is 0 Å². The number of ether oxygens (including phenoxy) is 1. The minimum Gasteiger partial charge on any atom is -0.374 e. The van der Waals surface area contributed by atoms with E-state index in [1.165, 1.54) is 0 Å². The van der Waals surface area contributed by atoms with Crippen molar-refractivity contribution < 1.29 is 9.53 Å². The predicted molar refractivity (Wildman–Crippen MR) is 82.7 cm³/mol. The third kappa shape index (κ3) is 4.58. The van der Waals surface area contributed by atoms with Crippen LogP contribution in [0.1, 0.15) is 5.56 Å². The number of nitrogens with zero attached hydrogens (tertiary/aromatic N) is 2. The van der Waals surface area contributed by atoms with Gasteiger partial charge in [-0.3, -0.25) is 4.79 Å². The number of hydrogen-bond acceptors (Lipinski definition) is 3. The number of benzene rings is 1. The van der Waals surface area contributed by atoms with Crippen molar-refractivity contribution in [3.05, 3.63) is 34.3 Å². The highest BCUT2D eigenvalue weighted by Crippen LogP contribution is 2.12. The lowest BCUT2D eigenvalue weighted by atomic mass is 10.1. The average Bonchev–Trinajstić information content (AvgIpc) is 2.41. The molecule has 0 radical (unpaired) electrons. The van der Waals surface area contributed by atoms with Gasteiger partial charge in [0.25, 0.3) is 0 Å². The third-order valence-electron chi connectivity index (χ3n) is 3.51. The molecule has 0 bridgehead atoms. The Kier molecular flexibility index (Phi) is 5.57. The monoisotopic (exact) mass is 340 g/mol. The fourth-order valence-electron chi connectivity index (χ4n) is 2.30. The van der Waals surface area contributed by atoms with Crippen LogP contribution >= 0.6 is 15.9 Å². The second kappa shape index (κ2) is 7.20. The van der Waals surface area contributed by atoms with Crippen LogP contribution in [0.4, 0.5) is 0 Å². The number of rotatable bonds is 4. The summed E-state index contributed by atoms with van der Waals surface area (Å²) in [6, 6.07) is 7.87. The summed E-state index contributed by atoms with van der Waals surface area (Å²) in [6.45, 7) is 3.25. The Morgan fingerprint density at radius 3 is 2.80 bits per heavy atom. The van der Waals surface area contributed by atoms with E-state index >= 15 is 0 Å². The molecule has 1 aliphatic heterocycles. The molecule has 1 heterocycles. The van der Waals surface area contributed by atoms with Crippen LogP contribution in [0, 0.1) is 0 Å². The highest BCUT2D eigenvalue weighted by molar-refractivity contribution is 9.10. The summed E-state index contributed by atoms with van der Waals surface area (Å²) < 4.78 is 6.72. The highest BCUT2D eigenvalue weighted by Gasteiger charge is 2.21. The predicted octanol–water partition coefficient (Wildman–Crippen LogP) is 1.78. The van der Waals surface area contributed by atoms with Crippen LogP contribution in [-0.4, -0.2) is 62.1 Å². The maximum absolute atomic E-state index is 12.2. The van der Waals surface area contributed by atoms with Crippen molar-refractivity contribution in [1.82, 2.24) is 9.80 Å². The molecule has 0 aliphatic carbocycles. The SMILES string of the molecule is CN1CCOC(CN(C)C(=O)Cc2ccc(Br)cc2)C1. The summed E-state index contributed by atoms with van der Waals surface area (Å²) in [6.07, 6.45) is 0.555. The molecular weight excluding hydrogens is 320 g/mol. The van der Waals surface area contributed by atoms with Crippen molar-refractivity contribution in [2.45, 2.75) is 12.5 Å². The third-order valence-corrected chi connectivity index (χ3v) is 4.04. The highest BCUT2D eigenvalue weighted by atomic mass is 79.9. The average molecular weight is 341 g/mol. The largest absolute Gasteiger partial charge is 0.374 e. The Bertz CT molecular complexity index is 450. The fraction of sp³-hybridized carbons (Fsp3) is 0.533. The van der Waals surface area contributed by atoms with E-state index in [0.717, 1.165) is 29.7 Å². The van der Waals surface area contributed by atoms with E-state index in [-0.39, 0.29) is 12.0 Å². The summed E-state index contributed by atoms with van der Waals surface area (Å²) in [5.41, 5.74) is 1.03. The number of carbonyl (C=O) groups is 1. The van der Waals surface area contributed by atoms with E-state index in [0.29, 0.717) is 13.0 Å². The van der Waals surface area contributed by atoms with Crippen molar-refractivity contribution in [2.24, 2.45) is 0 Å². The summed E-state index contributed by atoms with van der Waals surface area (Å²) >= 11 is 3.40. The summed E-state index contributed by atoms with van der Waals surface area (Å²) in [4.78, 5) is 16.2. The van der Waals surface area contributed by atoms with Crippen LogP contribution in [-0.2, 0) is 16.0 Å². The zero-order chi connectivity index (χ0) is 14.5. The van der Waals surface area contributed by atoms with Gasteiger partial charge in [0.05, 0.1) is 19.1 Å². The van der Waals surface area contributed by atoms with E-state index in [1.54, 1.807) is 4.90 Å². The normalized spacial score (nSPS) is 19.9. The van der Waals surface area contributed by atoms with Gasteiger partial charge in [-0.05, 0) is 24.7 Å². The lowest BCUT2D eigenvalue weighted by Gasteiger charge is -2.32. The molecule has 1 amide bonds. The molecule has 1 atom stereocenters. The molecule has 1 aromatic rings. The molecule has 1 fully saturated rings. The first-order valence-corrected chi connectivity index (χ1v) is 7.62. The Hall–Kier alpha value is -0.910.